The lowest BCUT2D eigenvalue weighted by molar-refractivity contribution is 1.18. The molecule has 10 rings (SSSR count). The molecular weight excluding hydrogens is 544 g/mol. The smallest absolute Gasteiger partial charge is 0.0723 e. The molecule has 0 fully saturated rings. The molecule has 2 aromatic heterocycles. The molecule has 0 unspecified atom stereocenters. The van der Waals surface area contributed by atoms with Crippen LogP contribution in [0.2, 0.25) is 0 Å². The highest BCUT2D eigenvalue weighted by Crippen LogP contribution is 2.49. The summed E-state index contributed by atoms with van der Waals surface area (Å²) in [5, 5.41) is 7.56. The predicted octanol–water partition coefficient (Wildman–Crippen LogP) is 11.5. The largest absolute Gasteiger partial charge is 0.309 e. The third-order valence-electron chi connectivity index (χ3n) is 9.59. The maximum Gasteiger partial charge on any atom is 0.0723 e. The summed E-state index contributed by atoms with van der Waals surface area (Å²) in [4.78, 5) is 5.03. The van der Waals surface area contributed by atoms with Gasteiger partial charge < -0.3 is 4.57 Å². The molecule has 0 bridgehead atoms. The van der Waals surface area contributed by atoms with Gasteiger partial charge in [0.15, 0.2) is 0 Å². The molecule has 0 spiro atoms. The van der Waals surface area contributed by atoms with E-state index in [4.69, 9.17) is 4.98 Å². The van der Waals surface area contributed by atoms with Crippen molar-refractivity contribution in [2.45, 2.75) is 0 Å². The lowest BCUT2D eigenvalue weighted by Crippen LogP contribution is -1.94. The Morgan fingerprint density at radius 2 is 1.07 bits per heavy atom. The van der Waals surface area contributed by atoms with Crippen LogP contribution in [0.3, 0.4) is 0 Å². The third-order valence-corrected chi connectivity index (χ3v) is 9.59. The van der Waals surface area contributed by atoms with Crippen LogP contribution >= 0.6 is 0 Å². The molecule has 0 saturated heterocycles. The van der Waals surface area contributed by atoms with E-state index in [1.54, 1.807) is 0 Å². The first kappa shape index (κ1) is 24.5. The summed E-state index contributed by atoms with van der Waals surface area (Å²) in [5.41, 5.74) is 13.4. The van der Waals surface area contributed by atoms with Crippen LogP contribution in [-0.2, 0) is 0 Å². The molecule has 45 heavy (non-hydrogen) atoms. The van der Waals surface area contributed by atoms with Gasteiger partial charge in [0, 0.05) is 28.2 Å². The van der Waals surface area contributed by atoms with Crippen LogP contribution in [0, 0.1) is 0 Å². The number of nitrogens with zero attached hydrogens (tertiary/aromatic N) is 2. The van der Waals surface area contributed by atoms with Crippen molar-refractivity contribution in [3.8, 4) is 50.3 Å². The summed E-state index contributed by atoms with van der Waals surface area (Å²) >= 11 is 0. The molecule has 1 aliphatic rings. The van der Waals surface area contributed by atoms with Gasteiger partial charge in [-0.05, 0) is 79.2 Å². The van der Waals surface area contributed by atoms with E-state index in [1.807, 2.05) is 0 Å². The highest BCUT2D eigenvalue weighted by atomic mass is 15.0. The molecule has 0 radical (unpaired) electrons. The second-order valence-electron chi connectivity index (χ2n) is 12.0. The maximum atomic E-state index is 5.03. The molecule has 2 heterocycles. The van der Waals surface area contributed by atoms with Gasteiger partial charge in [-0.1, -0.05) is 127 Å². The van der Waals surface area contributed by atoms with Gasteiger partial charge in [-0.3, -0.25) is 4.98 Å². The lowest BCUT2D eigenvalue weighted by Gasteiger charge is -2.11. The molecule has 1 aliphatic carbocycles. The first-order chi connectivity index (χ1) is 22.3. The van der Waals surface area contributed by atoms with E-state index >= 15 is 0 Å². The number of hydrogen-bond donors (Lipinski definition) is 0. The monoisotopic (exact) mass is 570 g/mol. The van der Waals surface area contributed by atoms with Crippen LogP contribution in [0.1, 0.15) is 0 Å². The number of benzene rings is 7. The van der Waals surface area contributed by atoms with Crippen LogP contribution < -0.4 is 0 Å². The van der Waals surface area contributed by atoms with Crippen LogP contribution in [-0.4, -0.2) is 9.55 Å². The summed E-state index contributed by atoms with van der Waals surface area (Å²) in [5.74, 6) is 0. The van der Waals surface area contributed by atoms with Gasteiger partial charge in [0.1, 0.15) is 0 Å². The van der Waals surface area contributed by atoms with Gasteiger partial charge in [-0.15, -0.1) is 0 Å². The van der Waals surface area contributed by atoms with Crippen molar-refractivity contribution in [1.29, 1.82) is 0 Å². The first-order valence-electron chi connectivity index (χ1n) is 15.5. The Kier molecular flexibility index (Phi) is 5.03. The maximum absolute atomic E-state index is 5.03. The van der Waals surface area contributed by atoms with Crippen LogP contribution in [0.4, 0.5) is 0 Å². The average molecular weight is 571 g/mol. The van der Waals surface area contributed by atoms with Crippen LogP contribution in [0.25, 0.3) is 93.7 Å². The number of hydrogen-bond acceptors (Lipinski definition) is 1. The quantitative estimate of drug-likeness (QED) is 0.207. The van der Waals surface area contributed by atoms with E-state index in [0.29, 0.717) is 0 Å². The van der Waals surface area contributed by atoms with E-state index < -0.39 is 0 Å². The van der Waals surface area contributed by atoms with Gasteiger partial charge in [0.25, 0.3) is 0 Å². The standard InChI is InChI=1S/C43H26N2/c1-2-10-30(11-3-1)45-40-24-21-27-9-4-5-12-32(27)43(40)38-26-44-39(25-41(38)45)29-19-17-28(18-20-29)31-22-23-37-34-14-7-6-13-33(34)36-16-8-15-35(31)42(36)37/h1-26H. The highest BCUT2D eigenvalue weighted by Gasteiger charge is 2.22. The molecular formula is C43H26N2. The number of rotatable bonds is 3. The molecule has 2 heteroatoms. The number of para-hydroxylation sites is 1. The summed E-state index contributed by atoms with van der Waals surface area (Å²) in [6.07, 6.45) is 2.06. The number of aromatic nitrogens is 2. The van der Waals surface area contributed by atoms with Crippen molar-refractivity contribution in [1.82, 2.24) is 9.55 Å². The van der Waals surface area contributed by atoms with Crippen molar-refractivity contribution < 1.29 is 0 Å². The fourth-order valence-corrected chi connectivity index (χ4v) is 7.58. The number of fused-ring (bicyclic) bond motifs is 8. The SMILES string of the molecule is c1ccc(-n2c3cc(-c4ccc(-c5ccc6c7c(cccc57)-c5ccccc5-6)cc4)ncc3c3c4ccccc4ccc32)cc1. The van der Waals surface area contributed by atoms with E-state index in [2.05, 4.69) is 162 Å². The molecule has 7 aromatic carbocycles. The topological polar surface area (TPSA) is 17.8 Å². The Bertz CT molecular complexity index is 2600. The highest BCUT2D eigenvalue weighted by molar-refractivity contribution is 6.21. The summed E-state index contributed by atoms with van der Waals surface area (Å²) < 4.78 is 2.38. The van der Waals surface area contributed by atoms with Crippen molar-refractivity contribution in [3.63, 3.8) is 0 Å². The Balaban J connectivity index is 1.12. The van der Waals surface area contributed by atoms with Gasteiger partial charge in [-0.25, -0.2) is 0 Å². The minimum atomic E-state index is 0.967. The molecule has 0 aliphatic heterocycles. The Morgan fingerprint density at radius 3 is 1.91 bits per heavy atom. The molecule has 208 valence electrons. The Labute approximate surface area is 260 Å². The third kappa shape index (κ3) is 3.48. The summed E-state index contributed by atoms with van der Waals surface area (Å²) in [7, 11) is 0. The predicted molar refractivity (Wildman–Crippen MR) is 189 cm³/mol. The average Bonchev–Trinajstić information content (AvgIpc) is 3.63. The first-order valence-corrected chi connectivity index (χ1v) is 15.5. The molecule has 9 aromatic rings. The lowest BCUT2D eigenvalue weighted by atomic mass is 9.93. The van der Waals surface area contributed by atoms with Crippen LogP contribution in [0.5, 0.6) is 0 Å². The summed E-state index contributed by atoms with van der Waals surface area (Å²) in [6, 6.07) is 54.9. The molecule has 0 saturated carbocycles. The number of pyridine rings is 1. The molecule has 2 nitrogen and oxygen atoms in total. The van der Waals surface area contributed by atoms with Crippen molar-refractivity contribution in [2.24, 2.45) is 0 Å². The van der Waals surface area contributed by atoms with Crippen molar-refractivity contribution >= 4 is 43.4 Å². The Morgan fingerprint density at radius 1 is 0.400 bits per heavy atom. The normalized spacial score (nSPS) is 12.0. The molecule has 0 atom stereocenters. The zero-order valence-corrected chi connectivity index (χ0v) is 24.4. The fraction of sp³-hybridized carbons (Fsp3) is 0. The molecule has 0 amide bonds. The van der Waals surface area contributed by atoms with Crippen molar-refractivity contribution in [3.05, 3.63) is 158 Å². The molecule has 0 N–H and O–H groups in total. The fourth-order valence-electron chi connectivity index (χ4n) is 7.58. The van der Waals surface area contributed by atoms with E-state index in [-0.39, 0.29) is 0 Å². The van der Waals surface area contributed by atoms with E-state index in [9.17, 15) is 0 Å². The van der Waals surface area contributed by atoms with Gasteiger partial charge >= 0.3 is 0 Å². The Hall–Kier alpha value is -5.99. The minimum absolute atomic E-state index is 0.967. The van der Waals surface area contributed by atoms with Crippen molar-refractivity contribution in [2.75, 3.05) is 0 Å². The minimum Gasteiger partial charge on any atom is -0.309 e. The van der Waals surface area contributed by atoms with E-state index in [1.165, 1.54) is 71.2 Å². The second-order valence-corrected chi connectivity index (χ2v) is 12.0. The van der Waals surface area contributed by atoms with Crippen LogP contribution in [0.15, 0.2) is 158 Å². The summed E-state index contributed by atoms with van der Waals surface area (Å²) in [6.45, 7) is 0. The van der Waals surface area contributed by atoms with Gasteiger partial charge in [0.05, 0.1) is 16.7 Å². The van der Waals surface area contributed by atoms with E-state index in [0.717, 1.165) is 22.5 Å². The second kappa shape index (κ2) is 9.25. The zero-order chi connectivity index (χ0) is 29.5. The van der Waals surface area contributed by atoms with Gasteiger partial charge in [0.2, 0.25) is 0 Å². The van der Waals surface area contributed by atoms with Gasteiger partial charge in [-0.2, -0.15) is 0 Å². The zero-order valence-electron chi connectivity index (χ0n) is 24.4.